The molecule has 0 spiro atoms. The molecule has 0 radical (unpaired) electrons. The Morgan fingerprint density at radius 3 is 2.56 bits per heavy atom. The number of unbranched alkanes of at least 4 members (excludes halogenated alkanes) is 2. The summed E-state index contributed by atoms with van der Waals surface area (Å²) >= 11 is 8.43. The van der Waals surface area contributed by atoms with Crippen LogP contribution in [0.5, 0.6) is 0 Å². The van der Waals surface area contributed by atoms with Crippen LogP contribution in [-0.2, 0) is 4.79 Å². The summed E-state index contributed by atoms with van der Waals surface area (Å²) in [5.41, 5.74) is 0.858. The highest BCUT2D eigenvalue weighted by atomic mass is 79.9. The quantitative estimate of drug-likeness (QED) is 0.637. The molecular formula is C13H17BrN2OS. The third-order valence-electron chi connectivity index (χ3n) is 2.36. The van der Waals surface area contributed by atoms with Gasteiger partial charge in [0, 0.05) is 16.6 Å². The van der Waals surface area contributed by atoms with Crippen LogP contribution in [-0.4, -0.2) is 11.0 Å². The van der Waals surface area contributed by atoms with Crippen LogP contribution in [0, 0.1) is 0 Å². The number of rotatable bonds is 5. The van der Waals surface area contributed by atoms with Crippen molar-refractivity contribution in [2.75, 3.05) is 5.32 Å². The molecule has 0 fully saturated rings. The van der Waals surface area contributed by atoms with Gasteiger partial charge in [0.05, 0.1) is 0 Å². The van der Waals surface area contributed by atoms with E-state index in [1.807, 2.05) is 24.3 Å². The van der Waals surface area contributed by atoms with E-state index in [0.717, 1.165) is 29.4 Å². The zero-order chi connectivity index (χ0) is 13.4. The van der Waals surface area contributed by atoms with Crippen molar-refractivity contribution in [2.45, 2.75) is 32.6 Å². The summed E-state index contributed by atoms with van der Waals surface area (Å²) < 4.78 is 1.00. The highest BCUT2D eigenvalue weighted by Crippen LogP contribution is 2.13. The maximum absolute atomic E-state index is 11.5. The van der Waals surface area contributed by atoms with E-state index in [-0.39, 0.29) is 5.91 Å². The lowest BCUT2D eigenvalue weighted by atomic mass is 10.2. The SMILES string of the molecule is CCCCCC(=O)NC(=S)Nc1ccc(Br)cc1. The smallest absolute Gasteiger partial charge is 0.226 e. The second kappa shape index (κ2) is 8.21. The van der Waals surface area contributed by atoms with Crippen LogP contribution < -0.4 is 10.6 Å². The summed E-state index contributed by atoms with van der Waals surface area (Å²) in [6.07, 6.45) is 3.61. The number of hydrogen-bond donors (Lipinski definition) is 2. The molecule has 0 aliphatic rings. The van der Waals surface area contributed by atoms with Gasteiger partial charge in [0.15, 0.2) is 5.11 Å². The van der Waals surface area contributed by atoms with E-state index in [2.05, 4.69) is 33.5 Å². The Bertz CT molecular complexity index is 406. The first-order valence-electron chi connectivity index (χ1n) is 5.98. The van der Waals surface area contributed by atoms with E-state index in [4.69, 9.17) is 12.2 Å². The van der Waals surface area contributed by atoms with E-state index in [1.54, 1.807) is 0 Å². The van der Waals surface area contributed by atoms with Crippen molar-refractivity contribution in [1.82, 2.24) is 5.32 Å². The number of amides is 1. The Balaban J connectivity index is 2.32. The van der Waals surface area contributed by atoms with Crippen LogP contribution in [0.2, 0.25) is 0 Å². The second-order valence-corrected chi connectivity index (χ2v) is 5.29. The van der Waals surface area contributed by atoms with Gasteiger partial charge in [0.2, 0.25) is 5.91 Å². The van der Waals surface area contributed by atoms with Crippen molar-refractivity contribution < 1.29 is 4.79 Å². The molecule has 1 rings (SSSR count). The second-order valence-electron chi connectivity index (χ2n) is 3.97. The van der Waals surface area contributed by atoms with Gasteiger partial charge in [-0.1, -0.05) is 35.7 Å². The van der Waals surface area contributed by atoms with Gasteiger partial charge in [-0.3, -0.25) is 4.79 Å². The van der Waals surface area contributed by atoms with Gasteiger partial charge in [0.1, 0.15) is 0 Å². The van der Waals surface area contributed by atoms with Crippen molar-refractivity contribution in [3.05, 3.63) is 28.7 Å². The molecule has 0 heterocycles. The number of thiocarbonyl (C=S) groups is 1. The zero-order valence-electron chi connectivity index (χ0n) is 10.3. The predicted molar refractivity (Wildman–Crippen MR) is 82.6 cm³/mol. The number of carbonyl (C=O) groups excluding carboxylic acids is 1. The van der Waals surface area contributed by atoms with Crippen molar-refractivity contribution in [3.63, 3.8) is 0 Å². The molecule has 18 heavy (non-hydrogen) atoms. The molecule has 0 saturated carbocycles. The molecule has 1 aromatic rings. The molecule has 0 aromatic heterocycles. The molecule has 1 amide bonds. The average molecular weight is 329 g/mol. The number of carbonyl (C=O) groups is 1. The fourth-order valence-corrected chi connectivity index (χ4v) is 1.92. The zero-order valence-corrected chi connectivity index (χ0v) is 12.7. The third kappa shape index (κ3) is 6.12. The minimum Gasteiger partial charge on any atom is -0.332 e. The summed E-state index contributed by atoms with van der Waals surface area (Å²) in [4.78, 5) is 11.5. The number of nitrogens with one attached hydrogen (secondary N) is 2. The van der Waals surface area contributed by atoms with Crippen molar-refractivity contribution >= 4 is 44.9 Å². The van der Waals surface area contributed by atoms with Gasteiger partial charge in [-0.15, -0.1) is 0 Å². The van der Waals surface area contributed by atoms with E-state index in [1.165, 1.54) is 0 Å². The molecule has 0 atom stereocenters. The van der Waals surface area contributed by atoms with E-state index in [9.17, 15) is 4.79 Å². The average Bonchev–Trinajstić information content (AvgIpc) is 2.32. The van der Waals surface area contributed by atoms with Gasteiger partial charge in [-0.25, -0.2) is 0 Å². The number of hydrogen-bond acceptors (Lipinski definition) is 2. The molecule has 2 N–H and O–H groups in total. The van der Waals surface area contributed by atoms with E-state index < -0.39 is 0 Å². The van der Waals surface area contributed by atoms with Crippen LogP contribution in [0.25, 0.3) is 0 Å². The fourth-order valence-electron chi connectivity index (χ4n) is 1.42. The summed E-state index contributed by atoms with van der Waals surface area (Å²) in [7, 11) is 0. The molecule has 0 saturated heterocycles. The van der Waals surface area contributed by atoms with Crippen LogP contribution in [0.4, 0.5) is 5.69 Å². The summed E-state index contributed by atoms with van der Waals surface area (Å²) in [5, 5.41) is 5.99. The van der Waals surface area contributed by atoms with Gasteiger partial charge < -0.3 is 10.6 Å². The fraction of sp³-hybridized carbons (Fsp3) is 0.385. The first kappa shape index (κ1) is 15.1. The molecule has 0 bridgehead atoms. The predicted octanol–water partition coefficient (Wildman–Crippen LogP) is 3.84. The lowest BCUT2D eigenvalue weighted by Crippen LogP contribution is -2.33. The molecular weight excluding hydrogens is 312 g/mol. The maximum atomic E-state index is 11.5. The molecule has 0 aliphatic heterocycles. The first-order valence-corrected chi connectivity index (χ1v) is 7.18. The maximum Gasteiger partial charge on any atom is 0.226 e. The Morgan fingerprint density at radius 2 is 1.94 bits per heavy atom. The monoisotopic (exact) mass is 328 g/mol. The standard InChI is InChI=1S/C13H17BrN2OS/c1-2-3-4-5-12(17)16-13(18)15-11-8-6-10(14)7-9-11/h6-9H,2-5H2,1H3,(H2,15,16,17,18). The number of anilines is 1. The molecule has 0 aliphatic carbocycles. The van der Waals surface area contributed by atoms with Crippen LogP contribution in [0.3, 0.4) is 0 Å². The van der Waals surface area contributed by atoms with Crippen LogP contribution in [0.15, 0.2) is 28.7 Å². The largest absolute Gasteiger partial charge is 0.332 e. The van der Waals surface area contributed by atoms with Crippen molar-refractivity contribution in [2.24, 2.45) is 0 Å². The molecule has 1 aromatic carbocycles. The Morgan fingerprint density at radius 1 is 1.28 bits per heavy atom. The minimum atomic E-state index is -0.0296. The van der Waals surface area contributed by atoms with Crippen LogP contribution >= 0.6 is 28.1 Å². The van der Waals surface area contributed by atoms with Crippen LogP contribution in [0.1, 0.15) is 32.6 Å². The third-order valence-corrected chi connectivity index (χ3v) is 3.10. The summed E-state index contributed by atoms with van der Waals surface area (Å²) in [6.45, 7) is 2.11. The highest BCUT2D eigenvalue weighted by Gasteiger charge is 2.04. The highest BCUT2D eigenvalue weighted by molar-refractivity contribution is 9.10. The first-order chi connectivity index (χ1) is 8.61. The van der Waals surface area contributed by atoms with Gasteiger partial charge >= 0.3 is 0 Å². The molecule has 0 unspecified atom stereocenters. The molecule has 3 nitrogen and oxygen atoms in total. The summed E-state index contributed by atoms with van der Waals surface area (Å²) in [6, 6.07) is 7.60. The summed E-state index contributed by atoms with van der Waals surface area (Å²) in [5.74, 6) is -0.0296. The topological polar surface area (TPSA) is 41.1 Å². The Hall–Kier alpha value is -0.940. The number of benzene rings is 1. The van der Waals surface area contributed by atoms with Crippen molar-refractivity contribution in [1.29, 1.82) is 0 Å². The normalized spacial score (nSPS) is 9.89. The van der Waals surface area contributed by atoms with Gasteiger partial charge in [-0.2, -0.15) is 0 Å². The van der Waals surface area contributed by atoms with E-state index >= 15 is 0 Å². The minimum absolute atomic E-state index is 0.0296. The number of halogens is 1. The van der Waals surface area contributed by atoms with Gasteiger partial charge in [-0.05, 0) is 42.9 Å². The lowest BCUT2D eigenvalue weighted by Gasteiger charge is -2.09. The van der Waals surface area contributed by atoms with Crippen molar-refractivity contribution in [3.8, 4) is 0 Å². The molecule has 5 heteroatoms. The molecule has 98 valence electrons. The van der Waals surface area contributed by atoms with E-state index in [0.29, 0.717) is 11.5 Å². The Kier molecular flexibility index (Phi) is 6.90. The Labute approximate surface area is 121 Å². The van der Waals surface area contributed by atoms with Gasteiger partial charge in [0.25, 0.3) is 0 Å². The lowest BCUT2D eigenvalue weighted by molar-refractivity contribution is -0.119.